The summed E-state index contributed by atoms with van der Waals surface area (Å²) in [5.41, 5.74) is 4.98. The molecule has 0 saturated heterocycles. The highest BCUT2D eigenvalue weighted by Crippen LogP contribution is 2.20. The van der Waals surface area contributed by atoms with E-state index in [9.17, 15) is 13.2 Å². The fourth-order valence-corrected chi connectivity index (χ4v) is 0.747. The summed E-state index contributed by atoms with van der Waals surface area (Å²) in [6, 6.07) is 0.986. The van der Waals surface area contributed by atoms with Crippen molar-refractivity contribution in [1.82, 2.24) is 4.98 Å². The smallest absolute Gasteiger partial charge is 0.280 e. The van der Waals surface area contributed by atoms with E-state index >= 15 is 0 Å². The Kier molecular flexibility index (Phi) is 2.52. The van der Waals surface area contributed by atoms with Crippen molar-refractivity contribution in [2.45, 2.75) is 13.1 Å². The van der Waals surface area contributed by atoms with Crippen molar-refractivity contribution in [3.63, 3.8) is 0 Å². The van der Waals surface area contributed by atoms with Crippen LogP contribution in [0, 0.1) is 0 Å². The van der Waals surface area contributed by atoms with Crippen LogP contribution in [0.25, 0.3) is 0 Å². The van der Waals surface area contributed by atoms with Crippen LogP contribution in [0.5, 0.6) is 0 Å². The van der Waals surface area contributed by atoms with Gasteiger partial charge in [-0.25, -0.2) is 13.2 Å². The molecule has 0 saturated carbocycles. The van der Waals surface area contributed by atoms with Crippen LogP contribution in [-0.2, 0) is 6.67 Å². The maximum atomic E-state index is 12.0. The monoisotopic (exact) mass is 176 g/mol. The van der Waals surface area contributed by atoms with Crippen LogP contribution < -0.4 is 5.73 Å². The van der Waals surface area contributed by atoms with Crippen LogP contribution in [0.3, 0.4) is 0 Å². The highest BCUT2D eigenvalue weighted by Gasteiger charge is 2.10. The van der Waals surface area contributed by atoms with Gasteiger partial charge in [-0.3, -0.25) is 4.98 Å². The first-order valence-electron chi connectivity index (χ1n) is 3.23. The molecule has 0 aliphatic carbocycles. The van der Waals surface area contributed by atoms with E-state index < -0.39 is 18.8 Å². The molecule has 0 radical (unpaired) electrons. The molecule has 12 heavy (non-hydrogen) atoms. The van der Waals surface area contributed by atoms with Crippen LogP contribution in [0.1, 0.15) is 17.7 Å². The Hall–Kier alpha value is -1.26. The Morgan fingerprint density at radius 2 is 2.17 bits per heavy atom. The minimum Gasteiger partial charge on any atom is -0.398 e. The van der Waals surface area contributed by atoms with Gasteiger partial charge in [0.05, 0.1) is 0 Å². The maximum Gasteiger partial charge on any atom is 0.280 e. The largest absolute Gasteiger partial charge is 0.398 e. The summed E-state index contributed by atoms with van der Waals surface area (Å²) in [5, 5.41) is 0. The molecule has 66 valence electrons. The number of hydrogen-bond donors (Lipinski definition) is 1. The number of hydrogen-bond acceptors (Lipinski definition) is 2. The average Bonchev–Trinajstić information content (AvgIpc) is 2.04. The lowest BCUT2D eigenvalue weighted by Crippen LogP contribution is -1.97. The van der Waals surface area contributed by atoms with E-state index in [1.165, 1.54) is 0 Å². The van der Waals surface area contributed by atoms with Gasteiger partial charge >= 0.3 is 0 Å². The Bertz CT molecular complexity index is 275. The molecule has 0 fully saturated rings. The zero-order valence-corrected chi connectivity index (χ0v) is 6.10. The van der Waals surface area contributed by atoms with Crippen molar-refractivity contribution < 1.29 is 13.2 Å². The van der Waals surface area contributed by atoms with Crippen LogP contribution in [-0.4, -0.2) is 4.98 Å². The predicted octanol–water partition coefficient (Wildman–Crippen LogP) is 2.07. The zero-order valence-electron chi connectivity index (χ0n) is 6.10. The summed E-state index contributed by atoms with van der Waals surface area (Å²) in [4.78, 5) is 3.34. The summed E-state index contributed by atoms with van der Waals surface area (Å²) >= 11 is 0. The first kappa shape index (κ1) is 8.83. The van der Waals surface area contributed by atoms with Crippen LogP contribution in [0.15, 0.2) is 12.3 Å². The lowest BCUT2D eigenvalue weighted by atomic mass is 10.2. The Morgan fingerprint density at radius 1 is 1.50 bits per heavy atom. The third-order valence-corrected chi connectivity index (χ3v) is 1.41. The van der Waals surface area contributed by atoms with Gasteiger partial charge in [0, 0.05) is 17.4 Å². The fourth-order valence-electron chi connectivity index (χ4n) is 0.747. The van der Waals surface area contributed by atoms with E-state index in [0.717, 1.165) is 12.3 Å². The standard InChI is InChI=1S/C7H7F3N2/c8-2-4-3-12-6(7(9)10)1-5(4)11/h1,3,7H,2H2,(H2,11,12). The van der Waals surface area contributed by atoms with E-state index in [1.54, 1.807) is 0 Å². The van der Waals surface area contributed by atoms with E-state index in [2.05, 4.69) is 4.98 Å². The maximum absolute atomic E-state index is 12.0. The van der Waals surface area contributed by atoms with Gasteiger partial charge in [0.25, 0.3) is 6.43 Å². The Balaban J connectivity index is 3.02. The molecule has 1 aromatic heterocycles. The third kappa shape index (κ3) is 1.66. The van der Waals surface area contributed by atoms with Crippen LogP contribution in [0.2, 0.25) is 0 Å². The molecule has 0 spiro atoms. The molecular formula is C7H7F3N2. The summed E-state index contributed by atoms with van der Waals surface area (Å²) < 4.78 is 36.0. The molecule has 0 aromatic carbocycles. The van der Waals surface area contributed by atoms with Gasteiger partial charge in [0.2, 0.25) is 0 Å². The van der Waals surface area contributed by atoms with Gasteiger partial charge in [-0.15, -0.1) is 0 Å². The van der Waals surface area contributed by atoms with Gasteiger partial charge in [-0.1, -0.05) is 0 Å². The molecule has 0 atom stereocenters. The zero-order chi connectivity index (χ0) is 9.14. The SMILES string of the molecule is Nc1cc(C(F)F)ncc1CF. The average molecular weight is 176 g/mol. The van der Waals surface area contributed by atoms with Crippen molar-refractivity contribution in [3.05, 3.63) is 23.5 Å². The van der Waals surface area contributed by atoms with E-state index in [0.29, 0.717) is 0 Å². The molecular weight excluding hydrogens is 169 g/mol. The van der Waals surface area contributed by atoms with Crippen molar-refractivity contribution in [3.8, 4) is 0 Å². The molecule has 1 aromatic rings. The molecule has 2 N–H and O–H groups in total. The summed E-state index contributed by atoms with van der Waals surface area (Å²) in [6.07, 6.45) is -1.64. The van der Waals surface area contributed by atoms with Crippen molar-refractivity contribution >= 4 is 5.69 Å². The second-order valence-electron chi connectivity index (χ2n) is 2.24. The van der Waals surface area contributed by atoms with E-state index in [4.69, 9.17) is 5.73 Å². The number of anilines is 1. The summed E-state index contributed by atoms with van der Waals surface area (Å²) in [7, 11) is 0. The lowest BCUT2D eigenvalue weighted by Gasteiger charge is -2.02. The topological polar surface area (TPSA) is 38.9 Å². The second kappa shape index (κ2) is 3.42. The quantitative estimate of drug-likeness (QED) is 0.749. The summed E-state index contributed by atoms with van der Waals surface area (Å²) in [5.74, 6) is 0. The van der Waals surface area contributed by atoms with Gasteiger partial charge < -0.3 is 5.73 Å². The van der Waals surface area contributed by atoms with Crippen molar-refractivity contribution in [2.24, 2.45) is 0 Å². The minimum absolute atomic E-state index is 0.0165. The molecule has 0 bridgehead atoms. The van der Waals surface area contributed by atoms with Gasteiger partial charge in [0.1, 0.15) is 12.4 Å². The molecule has 0 aliphatic rings. The number of alkyl halides is 3. The van der Waals surface area contributed by atoms with E-state index in [1.807, 2.05) is 0 Å². The number of nitrogens with two attached hydrogens (primary N) is 1. The molecule has 0 unspecified atom stereocenters. The first-order valence-corrected chi connectivity index (χ1v) is 3.23. The number of nitrogens with zero attached hydrogens (tertiary/aromatic N) is 1. The van der Waals surface area contributed by atoms with Gasteiger partial charge in [-0.2, -0.15) is 0 Å². The van der Waals surface area contributed by atoms with Gasteiger partial charge in [0.15, 0.2) is 0 Å². The predicted molar refractivity (Wildman–Crippen MR) is 38.4 cm³/mol. The lowest BCUT2D eigenvalue weighted by molar-refractivity contribution is 0.146. The number of halogens is 3. The molecule has 2 nitrogen and oxygen atoms in total. The molecule has 1 rings (SSSR count). The normalized spacial score (nSPS) is 10.7. The molecule has 5 heteroatoms. The number of aromatic nitrogens is 1. The first-order chi connectivity index (χ1) is 5.65. The molecule has 1 heterocycles. The number of pyridine rings is 1. The van der Waals surface area contributed by atoms with E-state index in [-0.39, 0.29) is 11.3 Å². The van der Waals surface area contributed by atoms with Crippen molar-refractivity contribution in [1.29, 1.82) is 0 Å². The fraction of sp³-hybridized carbons (Fsp3) is 0.286. The molecule has 0 aliphatic heterocycles. The van der Waals surface area contributed by atoms with Crippen molar-refractivity contribution in [2.75, 3.05) is 5.73 Å². The Labute approximate surface area is 67.2 Å². The minimum atomic E-state index is -2.67. The van der Waals surface area contributed by atoms with Crippen LogP contribution >= 0.6 is 0 Å². The second-order valence-corrected chi connectivity index (χ2v) is 2.24. The van der Waals surface area contributed by atoms with Gasteiger partial charge in [-0.05, 0) is 6.07 Å². The highest BCUT2D eigenvalue weighted by atomic mass is 19.3. The Morgan fingerprint density at radius 3 is 2.58 bits per heavy atom. The third-order valence-electron chi connectivity index (χ3n) is 1.41. The number of rotatable bonds is 2. The van der Waals surface area contributed by atoms with Crippen LogP contribution in [0.4, 0.5) is 18.9 Å². The highest BCUT2D eigenvalue weighted by molar-refractivity contribution is 5.46. The summed E-state index contributed by atoms with van der Waals surface area (Å²) in [6.45, 7) is -0.789. The molecule has 0 amide bonds. The number of nitrogen functional groups attached to an aromatic ring is 1.